The predicted octanol–water partition coefficient (Wildman–Crippen LogP) is 3.92. The lowest BCUT2D eigenvalue weighted by molar-refractivity contribution is 0.628. The van der Waals surface area contributed by atoms with E-state index in [2.05, 4.69) is 15.1 Å². The summed E-state index contributed by atoms with van der Waals surface area (Å²) < 4.78 is 17.0. The molecular weight excluding hydrogens is 329 g/mol. The molecule has 7 heteroatoms. The van der Waals surface area contributed by atoms with Gasteiger partial charge in [-0.25, -0.2) is 14.4 Å². The summed E-state index contributed by atoms with van der Waals surface area (Å²) in [6.07, 6.45) is 3.42. The van der Waals surface area contributed by atoms with E-state index < -0.39 is 0 Å². The molecule has 0 N–H and O–H groups in total. The fourth-order valence-corrected chi connectivity index (χ4v) is 3.20. The van der Waals surface area contributed by atoms with E-state index in [0.29, 0.717) is 5.02 Å². The first-order chi connectivity index (χ1) is 11.6. The van der Waals surface area contributed by atoms with Crippen LogP contribution in [-0.2, 0) is 7.05 Å². The first kappa shape index (κ1) is 14.8. The molecule has 4 aromatic rings. The number of halogens is 2. The van der Waals surface area contributed by atoms with Crippen molar-refractivity contribution >= 4 is 22.8 Å². The van der Waals surface area contributed by atoms with Gasteiger partial charge in [0.2, 0.25) is 0 Å². The molecule has 0 atom stereocenters. The summed E-state index contributed by atoms with van der Waals surface area (Å²) in [6.45, 7) is 1.89. The van der Waals surface area contributed by atoms with Crippen molar-refractivity contribution in [3.8, 4) is 16.9 Å². The Morgan fingerprint density at radius 3 is 2.79 bits per heavy atom. The highest BCUT2D eigenvalue weighted by atomic mass is 35.5. The quantitative estimate of drug-likeness (QED) is 0.555. The summed E-state index contributed by atoms with van der Waals surface area (Å²) in [6, 6.07) is 8.09. The zero-order valence-corrected chi connectivity index (χ0v) is 13.8. The minimum absolute atomic E-state index is 0.338. The molecule has 0 bridgehead atoms. The van der Waals surface area contributed by atoms with Gasteiger partial charge in [-0.15, -0.1) is 0 Å². The number of nitrogens with zero attached hydrogens (tertiary/aromatic N) is 5. The van der Waals surface area contributed by atoms with Crippen LogP contribution in [0.1, 0.15) is 5.69 Å². The van der Waals surface area contributed by atoms with Gasteiger partial charge in [0.05, 0.1) is 10.7 Å². The molecule has 0 saturated carbocycles. The van der Waals surface area contributed by atoms with Crippen LogP contribution < -0.4 is 0 Å². The highest BCUT2D eigenvalue weighted by Crippen LogP contribution is 2.36. The number of hydrogen-bond acceptors (Lipinski definition) is 3. The Kier molecular flexibility index (Phi) is 3.35. The predicted molar refractivity (Wildman–Crippen MR) is 90.8 cm³/mol. The lowest BCUT2D eigenvalue weighted by Crippen LogP contribution is -2.04. The van der Waals surface area contributed by atoms with Crippen molar-refractivity contribution in [1.82, 2.24) is 24.3 Å². The molecule has 0 aliphatic heterocycles. The number of benzene rings is 1. The lowest BCUT2D eigenvalue weighted by Gasteiger charge is -2.10. The number of hydrogen-bond donors (Lipinski definition) is 0. The molecular formula is C17H13ClFN5. The van der Waals surface area contributed by atoms with Crippen LogP contribution in [0.5, 0.6) is 0 Å². The van der Waals surface area contributed by atoms with E-state index in [1.165, 1.54) is 12.1 Å². The maximum atomic E-state index is 13.4. The van der Waals surface area contributed by atoms with Gasteiger partial charge in [0.1, 0.15) is 23.5 Å². The summed E-state index contributed by atoms with van der Waals surface area (Å²) in [5, 5.41) is 4.84. The Labute approximate surface area is 142 Å². The SMILES string of the molecule is Cc1nn(C)c(-n2cnc3cccnc32)c1-c1ccc(F)cc1Cl. The van der Waals surface area contributed by atoms with Crippen molar-refractivity contribution < 1.29 is 4.39 Å². The zero-order chi connectivity index (χ0) is 16.8. The number of rotatable bonds is 2. The van der Waals surface area contributed by atoms with Crippen molar-refractivity contribution in [2.24, 2.45) is 7.05 Å². The molecule has 0 aliphatic carbocycles. The summed E-state index contributed by atoms with van der Waals surface area (Å²) in [5.74, 6) is 0.406. The normalized spacial score (nSPS) is 11.3. The monoisotopic (exact) mass is 341 g/mol. The van der Waals surface area contributed by atoms with Crippen molar-refractivity contribution in [2.75, 3.05) is 0 Å². The minimum Gasteiger partial charge on any atom is -0.267 e. The molecule has 120 valence electrons. The van der Waals surface area contributed by atoms with Crippen molar-refractivity contribution in [3.05, 3.63) is 59.4 Å². The maximum absolute atomic E-state index is 13.4. The minimum atomic E-state index is -0.374. The highest BCUT2D eigenvalue weighted by molar-refractivity contribution is 6.33. The highest BCUT2D eigenvalue weighted by Gasteiger charge is 2.21. The molecule has 0 amide bonds. The van der Waals surface area contributed by atoms with Gasteiger partial charge in [-0.05, 0) is 37.3 Å². The Morgan fingerprint density at radius 2 is 2.00 bits per heavy atom. The molecule has 3 heterocycles. The first-order valence-electron chi connectivity index (χ1n) is 7.33. The van der Waals surface area contributed by atoms with Crippen LogP contribution in [0.2, 0.25) is 5.02 Å². The Morgan fingerprint density at radius 1 is 1.17 bits per heavy atom. The van der Waals surface area contributed by atoms with Crippen LogP contribution >= 0.6 is 11.6 Å². The molecule has 5 nitrogen and oxygen atoms in total. The number of fused-ring (bicyclic) bond motifs is 1. The van der Waals surface area contributed by atoms with Crippen molar-refractivity contribution in [1.29, 1.82) is 0 Å². The molecule has 1 aromatic carbocycles. The second-order valence-corrected chi connectivity index (χ2v) is 5.90. The molecule has 0 fully saturated rings. The van der Waals surface area contributed by atoms with Crippen LogP contribution in [0.4, 0.5) is 4.39 Å². The van der Waals surface area contributed by atoms with Gasteiger partial charge in [0.25, 0.3) is 0 Å². The van der Waals surface area contributed by atoms with E-state index in [0.717, 1.165) is 33.8 Å². The summed E-state index contributed by atoms with van der Waals surface area (Å²) in [7, 11) is 1.85. The standard InChI is InChI=1S/C17H13ClFN5/c1-10-15(12-6-5-11(19)8-13(12)18)17(23(2)22-10)24-9-21-14-4-3-7-20-16(14)24/h3-9H,1-2H3. The fourth-order valence-electron chi connectivity index (χ4n) is 2.93. The third kappa shape index (κ3) is 2.18. The van der Waals surface area contributed by atoms with E-state index >= 15 is 0 Å². The Bertz CT molecular complexity index is 1070. The number of imidazole rings is 1. The zero-order valence-electron chi connectivity index (χ0n) is 13.0. The molecule has 0 aliphatic rings. The molecule has 0 radical (unpaired) electrons. The van der Waals surface area contributed by atoms with Gasteiger partial charge < -0.3 is 0 Å². The van der Waals surface area contributed by atoms with Crippen LogP contribution in [0.3, 0.4) is 0 Å². The molecule has 0 saturated heterocycles. The van der Waals surface area contributed by atoms with Gasteiger partial charge in [0, 0.05) is 24.4 Å². The van der Waals surface area contributed by atoms with Gasteiger partial charge >= 0.3 is 0 Å². The van der Waals surface area contributed by atoms with Crippen molar-refractivity contribution in [3.63, 3.8) is 0 Å². The summed E-state index contributed by atoms with van der Waals surface area (Å²) in [5.41, 5.74) is 3.84. The maximum Gasteiger partial charge on any atom is 0.165 e. The summed E-state index contributed by atoms with van der Waals surface area (Å²) in [4.78, 5) is 8.79. The van der Waals surface area contributed by atoms with E-state index in [1.54, 1.807) is 23.3 Å². The molecule has 0 unspecified atom stereocenters. The fraction of sp³-hybridized carbons (Fsp3) is 0.118. The average molecular weight is 342 g/mol. The number of pyridine rings is 1. The number of aryl methyl sites for hydroxylation is 2. The van der Waals surface area contributed by atoms with Crippen LogP contribution in [0.15, 0.2) is 42.9 Å². The van der Waals surface area contributed by atoms with Gasteiger partial charge in [-0.2, -0.15) is 5.10 Å². The second kappa shape index (κ2) is 5.42. The van der Waals surface area contributed by atoms with Crippen LogP contribution in [-0.4, -0.2) is 24.3 Å². The van der Waals surface area contributed by atoms with Gasteiger partial charge in [-0.1, -0.05) is 11.6 Å². The largest absolute Gasteiger partial charge is 0.267 e. The van der Waals surface area contributed by atoms with Crippen LogP contribution in [0.25, 0.3) is 28.1 Å². The van der Waals surface area contributed by atoms with E-state index in [4.69, 9.17) is 11.6 Å². The second-order valence-electron chi connectivity index (χ2n) is 5.49. The van der Waals surface area contributed by atoms with Crippen molar-refractivity contribution in [2.45, 2.75) is 6.92 Å². The topological polar surface area (TPSA) is 48.5 Å². The molecule has 0 spiro atoms. The summed E-state index contributed by atoms with van der Waals surface area (Å²) >= 11 is 6.28. The van der Waals surface area contributed by atoms with Gasteiger partial charge in [0.15, 0.2) is 5.65 Å². The Balaban J connectivity index is 2.04. The molecule has 4 rings (SSSR count). The smallest absolute Gasteiger partial charge is 0.165 e. The number of aromatic nitrogens is 5. The third-order valence-electron chi connectivity index (χ3n) is 3.93. The van der Waals surface area contributed by atoms with E-state index in [-0.39, 0.29) is 5.82 Å². The third-order valence-corrected chi connectivity index (χ3v) is 4.24. The molecule has 24 heavy (non-hydrogen) atoms. The Hall–Kier alpha value is -2.73. The van der Waals surface area contributed by atoms with E-state index in [9.17, 15) is 4.39 Å². The van der Waals surface area contributed by atoms with E-state index in [1.807, 2.05) is 30.7 Å². The average Bonchev–Trinajstić information content (AvgIpc) is 3.08. The molecule has 3 aromatic heterocycles. The van der Waals surface area contributed by atoms with Crippen LogP contribution in [0, 0.1) is 12.7 Å². The lowest BCUT2D eigenvalue weighted by atomic mass is 10.1. The first-order valence-corrected chi connectivity index (χ1v) is 7.71. The van der Waals surface area contributed by atoms with Gasteiger partial charge in [-0.3, -0.25) is 9.25 Å².